The number of amides is 1. The lowest BCUT2D eigenvalue weighted by Gasteiger charge is -1.93. The zero-order chi connectivity index (χ0) is 6.57. The Labute approximate surface area is 50.8 Å². The van der Waals surface area contributed by atoms with Gasteiger partial charge in [-0.15, -0.1) is 0 Å². The number of carbonyl (C=O) groups is 1. The quantitative estimate of drug-likeness (QED) is 0.340. The lowest BCUT2D eigenvalue weighted by atomic mass is 11.1. The first-order valence-electron chi connectivity index (χ1n) is 1.76. The number of nitrogens with zero attached hydrogens (tertiary/aromatic N) is 1. The predicted octanol–water partition coefficient (Wildman–Crippen LogP) is -0.993. The molecule has 0 aliphatic rings. The third-order valence-corrected chi connectivity index (χ3v) is 0.920. The summed E-state index contributed by atoms with van der Waals surface area (Å²) in [5, 5.41) is 9.58. The molecule has 0 saturated heterocycles. The molecule has 0 aliphatic carbocycles. The monoisotopic (exact) mass is 133 g/mol. The first-order valence-corrected chi connectivity index (χ1v) is 2.98. The Hall–Kier alpha value is -0.710. The molecule has 5 heteroatoms. The van der Waals surface area contributed by atoms with E-state index in [0.29, 0.717) is 0 Å². The van der Waals surface area contributed by atoms with Gasteiger partial charge in [0, 0.05) is 0 Å². The van der Waals surface area contributed by atoms with E-state index in [1.807, 2.05) is 0 Å². The zero-order valence-electron chi connectivity index (χ0n) is 4.25. The number of hydrogen-bond donors (Lipinski definition) is 1. The average Bonchev–Trinajstić information content (AvgIpc) is 1.65. The summed E-state index contributed by atoms with van der Waals surface area (Å²) >= 11 is 1.06. The van der Waals surface area contributed by atoms with Crippen LogP contribution >= 0.6 is 11.8 Å². The van der Waals surface area contributed by atoms with Gasteiger partial charge in [0.15, 0.2) is 11.3 Å². The lowest BCUT2D eigenvalue weighted by molar-refractivity contribution is -0.245. The highest BCUT2D eigenvalue weighted by Crippen LogP contribution is 1.88. The van der Waals surface area contributed by atoms with Gasteiger partial charge in [-0.05, 0) is 6.26 Å². The van der Waals surface area contributed by atoms with E-state index in [4.69, 9.17) is 5.73 Å². The Balaban J connectivity index is 3.75. The molecule has 0 saturated carbocycles. The number of rotatable bonds is 0. The van der Waals surface area contributed by atoms with Crippen molar-refractivity contribution in [3.63, 3.8) is 0 Å². The van der Waals surface area contributed by atoms with E-state index in [1.165, 1.54) is 0 Å². The Morgan fingerprint density at radius 3 is 2.50 bits per heavy atom. The molecule has 0 atom stereocenters. The molecule has 46 valence electrons. The molecule has 0 spiro atoms. The molecule has 8 heavy (non-hydrogen) atoms. The second kappa shape index (κ2) is 3.31. The molecule has 1 amide bonds. The highest BCUT2D eigenvalue weighted by Gasteiger charge is 1.83. The van der Waals surface area contributed by atoms with Crippen molar-refractivity contribution in [1.82, 2.24) is 0 Å². The molecule has 0 fully saturated rings. The van der Waals surface area contributed by atoms with Crippen molar-refractivity contribution in [3.8, 4) is 0 Å². The summed E-state index contributed by atoms with van der Waals surface area (Å²) in [4.78, 5) is 12.4. The number of hydrogen-bond acceptors (Lipinski definition) is 3. The Kier molecular flexibility index (Phi) is 3.02. The van der Waals surface area contributed by atoms with Crippen molar-refractivity contribution in [3.05, 3.63) is 0 Å². The molecule has 0 bridgehead atoms. The van der Waals surface area contributed by atoms with E-state index in [9.17, 15) is 9.90 Å². The van der Waals surface area contributed by atoms with Crippen LogP contribution in [-0.4, -0.2) is 17.5 Å². The lowest BCUT2D eigenvalue weighted by Crippen LogP contribution is -2.21. The number of thioether (sulfide) groups is 1. The van der Waals surface area contributed by atoms with Crippen molar-refractivity contribution >= 4 is 23.0 Å². The molecule has 0 radical (unpaired) electrons. The molecular weight excluding hydrogens is 128 g/mol. The van der Waals surface area contributed by atoms with Crippen molar-refractivity contribution < 1.29 is 9.90 Å². The molecule has 0 heterocycles. The van der Waals surface area contributed by atoms with Crippen LogP contribution in [0.2, 0.25) is 0 Å². The standard InChI is InChI=1S/C3H6N2O2S/c1-8-2(4)5-3(6)7/h1H3,(H2,4,5)(H,6,7)/p-1. The molecule has 4 nitrogen and oxygen atoms in total. The number of aliphatic imine (C=N–C) groups is 1. The fourth-order valence-corrected chi connectivity index (χ4v) is 0.301. The number of carboxylic acid groups (broad SMARTS) is 1. The summed E-state index contributed by atoms with van der Waals surface area (Å²) < 4.78 is 0. The van der Waals surface area contributed by atoms with Crippen molar-refractivity contribution in [2.75, 3.05) is 6.26 Å². The second-order valence-corrected chi connectivity index (χ2v) is 1.75. The van der Waals surface area contributed by atoms with Gasteiger partial charge in [-0.2, -0.15) is 0 Å². The smallest absolute Gasteiger partial charge is 0.164 e. The maximum absolute atomic E-state index is 9.58. The normalized spacial score (nSPS) is 11.4. The van der Waals surface area contributed by atoms with Crippen LogP contribution in [0.3, 0.4) is 0 Å². The summed E-state index contributed by atoms with van der Waals surface area (Å²) in [5.41, 5.74) is 4.97. The largest absolute Gasteiger partial charge is 0.528 e. The highest BCUT2D eigenvalue weighted by atomic mass is 32.2. The van der Waals surface area contributed by atoms with Gasteiger partial charge in [0.25, 0.3) is 0 Å². The van der Waals surface area contributed by atoms with Gasteiger partial charge >= 0.3 is 0 Å². The molecule has 0 aromatic carbocycles. The minimum atomic E-state index is -1.50. The van der Waals surface area contributed by atoms with Gasteiger partial charge in [0.05, 0.1) is 0 Å². The van der Waals surface area contributed by atoms with E-state index >= 15 is 0 Å². The van der Waals surface area contributed by atoms with Gasteiger partial charge in [-0.1, -0.05) is 11.8 Å². The summed E-state index contributed by atoms with van der Waals surface area (Å²) in [6.07, 6.45) is 0.124. The SMILES string of the molecule is CS/C(N)=N/C(=O)[O-]. The van der Waals surface area contributed by atoms with Crippen LogP contribution < -0.4 is 10.8 Å². The molecule has 0 aromatic rings. The molecule has 0 unspecified atom stereocenters. The Morgan fingerprint density at radius 2 is 2.38 bits per heavy atom. The topological polar surface area (TPSA) is 78.5 Å². The summed E-state index contributed by atoms with van der Waals surface area (Å²) in [5.74, 6) is 0. The Morgan fingerprint density at radius 1 is 1.88 bits per heavy atom. The van der Waals surface area contributed by atoms with Crippen molar-refractivity contribution in [2.24, 2.45) is 10.7 Å². The molecule has 0 aliphatic heterocycles. The van der Waals surface area contributed by atoms with Gasteiger partial charge < -0.3 is 15.6 Å². The van der Waals surface area contributed by atoms with E-state index in [2.05, 4.69) is 4.99 Å². The average molecular weight is 133 g/mol. The van der Waals surface area contributed by atoms with Crippen molar-refractivity contribution in [1.29, 1.82) is 0 Å². The maximum atomic E-state index is 9.58. The first-order chi connectivity index (χ1) is 3.66. The van der Waals surface area contributed by atoms with Crippen molar-refractivity contribution in [2.45, 2.75) is 0 Å². The van der Waals surface area contributed by atoms with E-state index in [0.717, 1.165) is 11.8 Å². The van der Waals surface area contributed by atoms with Crippen LogP contribution in [0.25, 0.3) is 0 Å². The predicted molar refractivity (Wildman–Crippen MR) is 30.5 cm³/mol. The third-order valence-electron chi connectivity index (χ3n) is 0.411. The zero-order valence-corrected chi connectivity index (χ0v) is 5.07. The van der Waals surface area contributed by atoms with Crippen LogP contribution in [0.1, 0.15) is 0 Å². The number of amidine groups is 1. The van der Waals surface area contributed by atoms with Gasteiger partial charge in [0.1, 0.15) is 0 Å². The summed E-state index contributed by atoms with van der Waals surface area (Å²) in [7, 11) is 0. The van der Waals surface area contributed by atoms with E-state index in [1.54, 1.807) is 6.26 Å². The van der Waals surface area contributed by atoms with Crippen LogP contribution in [0.4, 0.5) is 4.79 Å². The van der Waals surface area contributed by atoms with Crippen LogP contribution in [0.15, 0.2) is 4.99 Å². The summed E-state index contributed by atoms with van der Waals surface area (Å²) in [6.45, 7) is 0. The van der Waals surface area contributed by atoms with E-state index in [-0.39, 0.29) is 5.17 Å². The minimum Gasteiger partial charge on any atom is -0.528 e. The van der Waals surface area contributed by atoms with Crippen LogP contribution in [0, 0.1) is 0 Å². The number of nitrogens with two attached hydrogens (primary N) is 1. The summed E-state index contributed by atoms with van der Waals surface area (Å²) in [6, 6.07) is 0. The number of carbonyl (C=O) groups excluding carboxylic acids is 1. The minimum absolute atomic E-state index is 0.00463. The molecular formula is C3H5N2O2S-. The Bertz CT molecular complexity index is 122. The van der Waals surface area contributed by atoms with Gasteiger partial charge in [-0.3, -0.25) is 0 Å². The highest BCUT2D eigenvalue weighted by molar-refractivity contribution is 8.13. The van der Waals surface area contributed by atoms with Crippen LogP contribution in [-0.2, 0) is 0 Å². The van der Waals surface area contributed by atoms with Gasteiger partial charge in [0.2, 0.25) is 0 Å². The third kappa shape index (κ3) is 3.48. The second-order valence-electron chi connectivity index (χ2n) is 0.920. The van der Waals surface area contributed by atoms with Crippen LogP contribution in [0.5, 0.6) is 0 Å². The fourth-order valence-electron chi connectivity index (χ4n) is 0.136. The fraction of sp³-hybridized carbons (Fsp3) is 0.333. The maximum Gasteiger partial charge on any atom is 0.164 e. The van der Waals surface area contributed by atoms with Gasteiger partial charge in [-0.25, -0.2) is 4.99 Å². The first kappa shape index (κ1) is 7.29. The molecule has 0 aromatic heterocycles. The molecule has 2 N–H and O–H groups in total. The molecule has 0 rings (SSSR count). The van der Waals surface area contributed by atoms with E-state index < -0.39 is 6.09 Å².